The van der Waals surface area contributed by atoms with Gasteiger partial charge in [-0.15, -0.1) is 0 Å². The number of allylic oxidation sites excluding steroid dienone is 24. The van der Waals surface area contributed by atoms with Crippen LogP contribution in [0.25, 0.3) is 0 Å². The van der Waals surface area contributed by atoms with Gasteiger partial charge < -0.3 is 4.74 Å². The van der Waals surface area contributed by atoms with Gasteiger partial charge >= 0.3 is 5.97 Å². The maximum atomic E-state index is 12.8. The molecule has 0 fully saturated rings. The van der Waals surface area contributed by atoms with Crippen LogP contribution in [-0.4, -0.2) is 12.6 Å². The number of hydrogen-bond acceptors (Lipinski definition) is 2. The molecule has 0 aromatic carbocycles. The van der Waals surface area contributed by atoms with Crippen LogP contribution in [0.1, 0.15) is 39.5 Å². The number of carbonyl (C=O) groups is 1. The topological polar surface area (TPSA) is 26.3 Å². The van der Waals surface area contributed by atoms with Crippen molar-refractivity contribution in [2.45, 2.75) is 39.5 Å². The van der Waals surface area contributed by atoms with Gasteiger partial charge in [-0.25, -0.2) is 0 Å². The van der Waals surface area contributed by atoms with E-state index in [0.717, 1.165) is 19.3 Å². The van der Waals surface area contributed by atoms with Gasteiger partial charge in [0.2, 0.25) is 0 Å². The average Bonchev–Trinajstić information content (AvgIpc) is 2.97. The van der Waals surface area contributed by atoms with Gasteiger partial charge in [0.25, 0.3) is 0 Å². The Bertz CT molecular complexity index is 1320. The van der Waals surface area contributed by atoms with Crippen LogP contribution < -0.4 is 0 Å². The molecule has 0 aromatic heterocycles. The predicted octanol–water partition coefficient (Wildman–Crippen LogP) is 8.80. The maximum Gasteiger partial charge on any atom is 0.306 e. The minimum absolute atomic E-state index is 0.0726. The van der Waals surface area contributed by atoms with Crippen molar-refractivity contribution in [2.24, 2.45) is 32.5 Å². The lowest BCUT2D eigenvalue weighted by Gasteiger charge is -2.36. The second kappa shape index (κ2) is 9.77. The first kappa shape index (κ1) is 26.6. The summed E-state index contributed by atoms with van der Waals surface area (Å²) in [5.41, 5.74) is -1.02. The summed E-state index contributed by atoms with van der Waals surface area (Å²) in [7, 11) is 0. The quantitative estimate of drug-likeness (QED) is 0.263. The first-order chi connectivity index (χ1) is 19.2. The van der Waals surface area contributed by atoms with E-state index >= 15 is 0 Å². The van der Waals surface area contributed by atoms with E-state index in [2.05, 4.69) is 160 Å². The molecule has 0 aliphatic heterocycles. The average molecular weight is 529 g/mol. The Morgan fingerprint density at radius 1 is 0.500 bits per heavy atom. The number of esters is 1. The summed E-state index contributed by atoms with van der Waals surface area (Å²) in [6.45, 7) is 4.70. The summed E-state index contributed by atoms with van der Waals surface area (Å²) >= 11 is 0. The minimum atomic E-state index is -0.343. The van der Waals surface area contributed by atoms with Gasteiger partial charge in [-0.3, -0.25) is 4.79 Å². The molecule has 0 N–H and O–H groups in total. The van der Waals surface area contributed by atoms with Crippen molar-refractivity contribution >= 4 is 5.97 Å². The van der Waals surface area contributed by atoms with Gasteiger partial charge in [0.1, 0.15) is 0 Å². The molecule has 0 saturated heterocycles. The summed E-state index contributed by atoms with van der Waals surface area (Å²) < 4.78 is 5.74. The van der Waals surface area contributed by atoms with Gasteiger partial charge in [-0.05, 0) is 19.3 Å². The van der Waals surface area contributed by atoms with Crippen LogP contribution in [0, 0.1) is 32.5 Å². The Morgan fingerprint density at radius 3 is 1.23 bits per heavy atom. The second-order valence-electron chi connectivity index (χ2n) is 12.9. The standard InChI is InChI=1S/C38H40O2/c1-33(13-17-37(18-14-33)25-21-35(22-26-37)9-5-3-6-10-35)29-30-40-32(39)31-34(2)15-19-38(20-16-34)27-23-36(24-28-38)11-7-4-8-12-36/h5-28H,3-4,29-31H2,1-2H3. The van der Waals surface area contributed by atoms with Crippen molar-refractivity contribution in [3.8, 4) is 0 Å². The number of carbonyl (C=O) groups excluding carboxylic acids is 1. The first-order valence-corrected chi connectivity index (χ1v) is 14.7. The Labute approximate surface area is 239 Å². The lowest BCUT2D eigenvalue weighted by atomic mass is 9.69. The summed E-state index contributed by atoms with van der Waals surface area (Å²) in [5, 5.41) is 0. The van der Waals surface area contributed by atoms with E-state index in [1.165, 1.54) is 0 Å². The first-order valence-electron chi connectivity index (χ1n) is 14.7. The van der Waals surface area contributed by atoms with Gasteiger partial charge in [0.05, 0.1) is 13.0 Å². The highest BCUT2D eigenvalue weighted by molar-refractivity contribution is 5.71. The molecule has 6 aliphatic rings. The fourth-order valence-electron chi connectivity index (χ4n) is 6.22. The van der Waals surface area contributed by atoms with E-state index in [4.69, 9.17) is 4.74 Å². The molecular weight excluding hydrogens is 488 g/mol. The highest BCUT2D eigenvalue weighted by Crippen LogP contribution is 2.45. The largest absolute Gasteiger partial charge is 0.466 e. The van der Waals surface area contributed by atoms with E-state index in [1.807, 2.05) is 0 Å². The van der Waals surface area contributed by atoms with E-state index < -0.39 is 0 Å². The van der Waals surface area contributed by atoms with Gasteiger partial charge in [0, 0.05) is 32.5 Å². The molecule has 0 heterocycles. The molecule has 0 atom stereocenters. The van der Waals surface area contributed by atoms with Crippen molar-refractivity contribution < 1.29 is 9.53 Å². The zero-order valence-corrected chi connectivity index (χ0v) is 23.7. The van der Waals surface area contributed by atoms with Gasteiger partial charge in [-0.2, -0.15) is 0 Å². The molecule has 0 saturated carbocycles. The molecule has 6 rings (SSSR count). The third-order valence-corrected chi connectivity index (χ3v) is 9.25. The molecule has 4 spiro atoms. The molecule has 0 aromatic rings. The molecule has 2 heteroatoms. The Balaban J connectivity index is 0.992. The van der Waals surface area contributed by atoms with Crippen LogP contribution in [0.2, 0.25) is 0 Å². The van der Waals surface area contributed by atoms with Crippen LogP contribution in [0.15, 0.2) is 146 Å². The highest BCUT2D eigenvalue weighted by atomic mass is 16.5. The molecule has 0 radical (unpaired) electrons. The Kier molecular flexibility index (Phi) is 6.49. The maximum absolute atomic E-state index is 12.8. The Morgan fingerprint density at radius 2 is 0.825 bits per heavy atom. The van der Waals surface area contributed by atoms with E-state index in [0.29, 0.717) is 13.0 Å². The van der Waals surface area contributed by atoms with Gasteiger partial charge in [0.15, 0.2) is 0 Å². The second-order valence-corrected chi connectivity index (χ2v) is 12.9. The third-order valence-electron chi connectivity index (χ3n) is 9.25. The molecule has 6 aliphatic carbocycles. The number of hydrogen-bond donors (Lipinski definition) is 0. The summed E-state index contributed by atoms with van der Waals surface area (Å²) in [5.74, 6) is -0.153. The SMILES string of the molecule is CC1(CCOC(=O)CC2(C)C=CC3(C=CC4(C=CCC=C4)C=C3)C=C2)C=CC2(C=CC3(C=CCC=C3)C=C2)C=C1. The van der Waals surface area contributed by atoms with Crippen LogP contribution in [0.4, 0.5) is 0 Å². The van der Waals surface area contributed by atoms with Crippen molar-refractivity contribution in [3.63, 3.8) is 0 Å². The number of ether oxygens (including phenoxy) is 1. The van der Waals surface area contributed by atoms with Crippen LogP contribution >= 0.6 is 0 Å². The number of rotatable bonds is 5. The van der Waals surface area contributed by atoms with E-state index in [1.54, 1.807) is 0 Å². The fraction of sp³-hybridized carbons (Fsp3) is 0.342. The van der Waals surface area contributed by atoms with E-state index in [-0.39, 0.29) is 38.5 Å². The third kappa shape index (κ3) is 5.37. The van der Waals surface area contributed by atoms with E-state index in [9.17, 15) is 4.79 Å². The van der Waals surface area contributed by atoms with Gasteiger partial charge in [-0.1, -0.05) is 160 Å². The molecule has 2 nitrogen and oxygen atoms in total. The van der Waals surface area contributed by atoms with Crippen molar-refractivity contribution in [2.75, 3.05) is 6.61 Å². The lowest BCUT2D eigenvalue weighted by Crippen LogP contribution is -2.27. The zero-order chi connectivity index (χ0) is 27.8. The zero-order valence-electron chi connectivity index (χ0n) is 23.7. The minimum Gasteiger partial charge on any atom is -0.466 e. The molecule has 0 unspecified atom stereocenters. The summed E-state index contributed by atoms with van der Waals surface area (Å²) in [6.07, 6.45) is 57.1. The molecule has 40 heavy (non-hydrogen) atoms. The fourth-order valence-corrected chi connectivity index (χ4v) is 6.22. The van der Waals surface area contributed by atoms with Crippen molar-refractivity contribution in [1.82, 2.24) is 0 Å². The van der Waals surface area contributed by atoms with Crippen molar-refractivity contribution in [1.29, 1.82) is 0 Å². The monoisotopic (exact) mass is 528 g/mol. The smallest absolute Gasteiger partial charge is 0.306 e. The molecular formula is C38H40O2. The summed E-state index contributed by atoms with van der Waals surface area (Å²) in [6, 6.07) is 0. The van der Waals surface area contributed by atoms with Crippen LogP contribution in [0.5, 0.6) is 0 Å². The van der Waals surface area contributed by atoms with Crippen LogP contribution in [-0.2, 0) is 9.53 Å². The normalized spacial score (nSPS) is 26.9. The molecule has 0 bridgehead atoms. The van der Waals surface area contributed by atoms with Crippen molar-refractivity contribution in [3.05, 3.63) is 146 Å². The molecule has 0 amide bonds. The summed E-state index contributed by atoms with van der Waals surface area (Å²) in [4.78, 5) is 12.8. The lowest BCUT2D eigenvalue weighted by molar-refractivity contribution is -0.145. The molecule has 204 valence electrons. The predicted molar refractivity (Wildman–Crippen MR) is 165 cm³/mol. The van der Waals surface area contributed by atoms with Crippen LogP contribution in [0.3, 0.4) is 0 Å². The Hall–Kier alpha value is -3.65. The highest BCUT2D eigenvalue weighted by Gasteiger charge is 2.35.